The predicted molar refractivity (Wildman–Crippen MR) is 86.7 cm³/mol. The molecule has 0 unspecified atom stereocenters. The van der Waals surface area contributed by atoms with Gasteiger partial charge in [0.2, 0.25) is 12.1 Å². The molecule has 14 nitrogen and oxygen atoms in total. The van der Waals surface area contributed by atoms with Crippen LogP contribution in [-0.4, -0.2) is 80.2 Å². The number of ether oxygens (including phenoxy) is 1. The molecule has 0 aliphatic carbocycles. The van der Waals surface area contributed by atoms with E-state index in [2.05, 4.69) is 10.1 Å². The van der Waals surface area contributed by atoms with Crippen LogP contribution in [-0.2, 0) is 33.5 Å². The number of hydrogen-bond acceptors (Lipinski definition) is 9. The SMILES string of the molecule is N[C@@H](OC(=O)CCC(=O)O)C(=O)O.O=C(O)CCC(=O)N[C@@H](CCO)C(=O)O. The van der Waals surface area contributed by atoms with Gasteiger partial charge in [0.15, 0.2) is 0 Å². The Morgan fingerprint density at radius 2 is 1.32 bits per heavy atom. The molecule has 0 aromatic carbocycles. The van der Waals surface area contributed by atoms with E-state index < -0.39 is 60.9 Å². The zero-order chi connectivity index (χ0) is 22.3. The molecule has 0 fully saturated rings. The Morgan fingerprint density at radius 3 is 1.71 bits per heavy atom. The molecule has 0 aliphatic rings. The van der Waals surface area contributed by atoms with Crippen molar-refractivity contribution in [2.24, 2.45) is 5.73 Å². The van der Waals surface area contributed by atoms with Crippen molar-refractivity contribution in [3.63, 3.8) is 0 Å². The van der Waals surface area contributed by atoms with Crippen LogP contribution in [0, 0.1) is 0 Å². The Balaban J connectivity index is 0. The lowest BCUT2D eigenvalue weighted by molar-refractivity contribution is -0.164. The Bertz CT molecular complexity index is 577. The number of nitrogens with one attached hydrogen (secondary N) is 1. The second kappa shape index (κ2) is 14.9. The van der Waals surface area contributed by atoms with Crippen molar-refractivity contribution in [2.45, 2.75) is 44.4 Å². The van der Waals surface area contributed by atoms with Crippen LogP contribution in [0.2, 0.25) is 0 Å². The molecule has 28 heavy (non-hydrogen) atoms. The highest BCUT2D eigenvalue weighted by atomic mass is 16.6. The van der Waals surface area contributed by atoms with E-state index in [1.54, 1.807) is 0 Å². The average Bonchev–Trinajstić information content (AvgIpc) is 2.58. The van der Waals surface area contributed by atoms with Gasteiger partial charge in [-0.3, -0.25) is 24.9 Å². The number of hydrogen-bond donors (Lipinski definition) is 7. The van der Waals surface area contributed by atoms with Crippen molar-refractivity contribution in [1.29, 1.82) is 0 Å². The summed E-state index contributed by atoms with van der Waals surface area (Å²) >= 11 is 0. The maximum absolute atomic E-state index is 11.0. The minimum atomic E-state index is -1.73. The standard InChI is InChI=1S/C8H13NO6.C6H9NO6/c10-4-3-5(8(14)15)9-6(11)1-2-7(12)13;7-5(6(11)12)13-4(10)2-1-3(8)9/h5,10H,1-4H2,(H,9,11)(H,12,13)(H,14,15);5H,1-2,7H2,(H,8,9)(H,11,12)/t2*5-/m00/s1. The zero-order valence-corrected chi connectivity index (χ0v) is 14.6. The van der Waals surface area contributed by atoms with Gasteiger partial charge in [-0.05, 0) is 0 Å². The summed E-state index contributed by atoms with van der Waals surface area (Å²) in [6.45, 7) is -0.365. The van der Waals surface area contributed by atoms with Crippen LogP contribution in [0.1, 0.15) is 32.1 Å². The molecule has 0 heterocycles. The van der Waals surface area contributed by atoms with Gasteiger partial charge in [-0.25, -0.2) is 9.59 Å². The Morgan fingerprint density at radius 1 is 0.821 bits per heavy atom. The largest absolute Gasteiger partial charge is 0.481 e. The molecule has 1 amide bonds. The maximum Gasteiger partial charge on any atom is 0.360 e. The number of aliphatic hydroxyl groups is 1. The minimum Gasteiger partial charge on any atom is -0.481 e. The lowest BCUT2D eigenvalue weighted by Gasteiger charge is -2.12. The lowest BCUT2D eigenvalue weighted by atomic mass is 10.2. The van der Waals surface area contributed by atoms with E-state index >= 15 is 0 Å². The maximum atomic E-state index is 11.0. The van der Waals surface area contributed by atoms with E-state index in [1.807, 2.05) is 0 Å². The van der Waals surface area contributed by atoms with Gasteiger partial charge in [0, 0.05) is 19.4 Å². The molecular formula is C14H22N2O12. The molecule has 14 heteroatoms. The van der Waals surface area contributed by atoms with Crippen LogP contribution in [0.15, 0.2) is 0 Å². The van der Waals surface area contributed by atoms with Crippen LogP contribution in [0.4, 0.5) is 0 Å². The first kappa shape index (κ1) is 27.0. The van der Waals surface area contributed by atoms with Crippen LogP contribution >= 0.6 is 0 Å². The van der Waals surface area contributed by atoms with Crippen molar-refractivity contribution in [1.82, 2.24) is 5.32 Å². The van der Waals surface area contributed by atoms with Gasteiger partial charge < -0.3 is 35.6 Å². The van der Waals surface area contributed by atoms with Crippen LogP contribution < -0.4 is 11.1 Å². The number of aliphatic hydroxyl groups excluding tert-OH is 1. The van der Waals surface area contributed by atoms with E-state index in [1.165, 1.54) is 0 Å². The first-order chi connectivity index (χ1) is 12.9. The number of carboxylic acid groups (broad SMARTS) is 4. The second-order valence-corrected chi connectivity index (χ2v) is 5.01. The molecular weight excluding hydrogens is 388 g/mol. The third kappa shape index (κ3) is 16.2. The van der Waals surface area contributed by atoms with E-state index in [0.717, 1.165) is 0 Å². The second-order valence-electron chi connectivity index (χ2n) is 5.01. The van der Waals surface area contributed by atoms with Gasteiger partial charge in [0.25, 0.3) is 0 Å². The summed E-state index contributed by atoms with van der Waals surface area (Å²) in [5.41, 5.74) is 4.83. The minimum absolute atomic E-state index is 0.103. The summed E-state index contributed by atoms with van der Waals surface area (Å²) in [7, 11) is 0. The highest BCUT2D eigenvalue weighted by molar-refractivity contribution is 5.85. The molecule has 0 radical (unpaired) electrons. The summed E-state index contributed by atoms with van der Waals surface area (Å²) in [6, 6.07) is -1.17. The van der Waals surface area contributed by atoms with Crippen molar-refractivity contribution >= 4 is 35.8 Å². The quantitative estimate of drug-likeness (QED) is 0.131. The summed E-state index contributed by atoms with van der Waals surface area (Å²) in [5.74, 6) is -6.63. The van der Waals surface area contributed by atoms with Crippen LogP contribution in [0.5, 0.6) is 0 Å². The van der Waals surface area contributed by atoms with Crippen molar-refractivity contribution < 1.29 is 59.0 Å². The number of carbonyl (C=O) groups excluding carboxylic acids is 2. The normalized spacial score (nSPS) is 11.8. The lowest BCUT2D eigenvalue weighted by Crippen LogP contribution is -2.41. The summed E-state index contributed by atoms with van der Waals surface area (Å²) in [5, 5.41) is 43.8. The van der Waals surface area contributed by atoms with Gasteiger partial charge in [0.1, 0.15) is 6.04 Å². The van der Waals surface area contributed by atoms with Crippen molar-refractivity contribution in [3.05, 3.63) is 0 Å². The van der Waals surface area contributed by atoms with E-state index in [-0.39, 0.29) is 25.9 Å². The van der Waals surface area contributed by atoms with Crippen LogP contribution in [0.25, 0.3) is 0 Å². The zero-order valence-electron chi connectivity index (χ0n) is 14.6. The molecule has 0 aromatic heterocycles. The van der Waals surface area contributed by atoms with Crippen molar-refractivity contribution in [2.75, 3.05) is 6.61 Å². The molecule has 0 spiro atoms. The van der Waals surface area contributed by atoms with Gasteiger partial charge in [-0.2, -0.15) is 0 Å². The first-order valence-electron chi connectivity index (χ1n) is 7.65. The van der Waals surface area contributed by atoms with Crippen LogP contribution in [0.3, 0.4) is 0 Å². The number of rotatable bonds is 12. The van der Waals surface area contributed by atoms with E-state index in [0.29, 0.717) is 0 Å². The third-order valence-corrected chi connectivity index (χ3v) is 2.66. The molecule has 0 rings (SSSR count). The Labute approximate surface area is 157 Å². The summed E-state index contributed by atoms with van der Waals surface area (Å²) in [6.07, 6.45) is -3.27. The fourth-order valence-electron chi connectivity index (χ4n) is 1.33. The number of carboxylic acids is 4. The Hall–Kier alpha value is -3.26. The number of amides is 1. The van der Waals surface area contributed by atoms with Gasteiger partial charge >= 0.3 is 29.8 Å². The molecule has 0 saturated carbocycles. The molecule has 0 saturated heterocycles. The molecule has 0 aromatic rings. The number of esters is 1. The number of nitrogens with two attached hydrogens (primary N) is 1. The third-order valence-electron chi connectivity index (χ3n) is 2.66. The fourth-order valence-corrected chi connectivity index (χ4v) is 1.33. The Kier molecular flexibility index (Phi) is 14.3. The highest BCUT2D eigenvalue weighted by Crippen LogP contribution is 1.96. The molecule has 160 valence electrons. The molecule has 0 aliphatic heterocycles. The first-order valence-corrected chi connectivity index (χ1v) is 7.65. The molecule has 2 atom stereocenters. The highest BCUT2D eigenvalue weighted by Gasteiger charge is 2.19. The smallest absolute Gasteiger partial charge is 0.360 e. The molecule has 8 N–H and O–H groups in total. The topological polar surface area (TPSA) is 251 Å². The average molecular weight is 410 g/mol. The predicted octanol–water partition coefficient (Wildman–Crippen LogP) is -2.43. The monoisotopic (exact) mass is 410 g/mol. The van der Waals surface area contributed by atoms with E-state index in [9.17, 15) is 28.8 Å². The fraction of sp³-hybridized carbons (Fsp3) is 0.571. The summed E-state index contributed by atoms with van der Waals surface area (Å²) < 4.78 is 4.14. The number of aliphatic carboxylic acids is 4. The van der Waals surface area contributed by atoms with Gasteiger partial charge in [-0.1, -0.05) is 0 Å². The summed E-state index contributed by atoms with van der Waals surface area (Å²) in [4.78, 5) is 62.3. The van der Waals surface area contributed by atoms with Gasteiger partial charge in [-0.15, -0.1) is 0 Å². The molecule has 0 bridgehead atoms. The van der Waals surface area contributed by atoms with Crippen molar-refractivity contribution in [3.8, 4) is 0 Å². The van der Waals surface area contributed by atoms with Gasteiger partial charge in [0.05, 0.1) is 19.3 Å². The number of carbonyl (C=O) groups is 6. The van der Waals surface area contributed by atoms with E-state index in [4.69, 9.17) is 31.3 Å².